The smallest absolute Gasteiger partial charge is 0.332 e. The first-order valence-corrected chi connectivity index (χ1v) is 12.5. The number of amides is 2. The zero-order valence-electron chi connectivity index (χ0n) is 19.2. The molecule has 0 spiro atoms. The van der Waals surface area contributed by atoms with Crippen LogP contribution in [0.2, 0.25) is 0 Å². The van der Waals surface area contributed by atoms with Gasteiger partial charge in [-0.3, -0.25) is 23.5 Å². The number of nitrogens with zero attached hydrogens (tertiary/aromatic N) is 2. The van der Waals surface area contributed by atoms with Crippen molar-refractivity contribution in [2.75, 3.05) is 6.54 Å². The van der Waals surface area contributed by atoms with E-state index in [1.165, 1.54) is 20.5 Å². The van der Waals surface area contributed by atoms with Crippen molar-refractivity contribution in [1.82, 2.24) is 19.8 Å². The van der Waals surface area contributed by atoms with Crippen molar-refractivity contribution in [3.8, 4) is 0 Å². The zero-order chi connectivity index (χ0) is 23.3. The highest BCUT2D eigenvalue weighted by atomic mass is 32.1. The highest BCUT2D eigenvalue weighted by Crippen LogP contribution is 2.29. The highest BCUT2D eigenvalue weighted by molar-refractivity contribution is 7.17. The van der Waals surface area contributed by atoms with E-state index in [4.69, 9.17) is 0 Å². The Kier molecular flexibility index (Phi) is 8.28. The molecule has 2 aromatic heterocycles. The van der Waals surface area contributed by atoms with E-state index in [0.29, 0.717) is 23.3 Å². The van der Waals surface area contributed by atoms with Crippen molar-refractivity contribution < 1.29 is 9.59 Å². The molecule has 1 aliphatic rings. The van der Waals surface area contributed by atoms with E-state index in [0.717, 1.165) is 38.5 Å². The molecule has 2 aromatic rings. The van der Waals surface area contributed by atoms with Gasteiger partial charge in [0, 0.05) is 25.0 Å². The van der Waals surface area contributed by atoms with E-state index in [1.807, 2.05) is 20.8 Å². The molecule has 9 heteroatoms. The second-order valence-electron chi connectivity index (χ2n) is 8.80. The molecular weight excluding hydrogens is 428 g/mol. The van der Waals surface area contributed by atoms with E-state index in [2.05, 4.69) is 10.6 Å². The topological polar surface area (TPSA) is 102 Å². The van der Waals surface area contributed by atoms with Crippen molar-refractivity contribution in [3.63, 3.8) is 0 Å². The van der Waals surface area contributed by atoms with E-state index < -0.39 is 5.69 Å². The fourth-order valence-electron chi connectivity index (χ4n) is 4.27. The van der Waals surface area contributed by atoms with Crippen molar-refractivity contribution in [2.45, 2.75) is 78.4 Å². The summed E-state index contributed by atoms with van der Waals surface area (Å²) in [5.41, 5.74) is -0.221. The number of rotatable bonds is 9. The first-order valence-electron chi connectivity index (χ1n) is 11.6. The van der Waals surface area contributed by atoms with Gasteiger partial charge in [0.1, 0.15) is 11.2 Å². The third-order valence-electron chi connectivity index (χ3n) is 6.37. The van der Waals surface area contributed by atoms with Crippen LogP contribution in [0.3, 0.4) is 0 Å². The Morgan fingerprint density at radius 3 is 2.53 bits per heavy atom. The maximum Gasteiger partial charge on any atom is 0.332 e. The Hall–Kier alpha value is -2.42. The largest absolute Gasteiger partial charge is 0.356 e. The summed E-state index contributed by atoms with van der Waals surface area (Å²) in [5, 5.41) is 7.63. The molecule has 0 bridgehead atoms. The minimum Gasteiger partial charge on any atom is -0.356 e. The summed E-state index contributed by atoms with van der Waals surface area (Å²) in [7, 11) is 0. The van der Waals surface area contributed by atoms with Gasteiger partial charge < -0.3 is 10.6 Å². The quantitative estimate of drug-likeness (QED) is 0.598. The third-order valence-corrected chi connectivity index (χ3v) is 7.26. The molecule has 0 aromatic carbocycles. The van der Waals surface area contributed by atoms with Crippen LogP contribution in [0.5, 0.6) is 0 Å². The van der Waals surface area contributed by atoms with Gasteiger partial charge in [-0.05, 0) is 62.8 Å². The van der Waals surface area contributed by atoms with E-state index in [9.17, 15) is 19.2 Å². The lowest BCUT2D eigenvalue weighted by Crippen LogP contribution is -2.44. The van der Waals surface area contributed by atoms with Gasteiger partial charge in [-0.2, -0.15) is 0 Å². The molecule has 2 amide bonds. The van der Waals surface area contributed by atoms with Crippen molar-refractivity contribution >= 4 is 33.4 Å². The molecule has 176 valence electrons. The van der Waals surface area contributed by atoms with Crippen LogP contribution in [0.1, 0.15) is 59.3 Å². The molecule has 0 radical (unpaired) electrons. The van der Waals surface area contributed by atoms with Crippen LogP contribution >= 0.6 is 11.3 Å². The summed E-state index contributed by atoms with van der Waals surface area (Å²) < 4.78 is 3.19. The summed E-state index contributed by atoms with van der Waals surface area (Å²) in [4.78, 5) is 51.0. The number of hydrogen-bond donors (Lipinski definition) is 2. The predicted molar refractivity (Wildman–Crippen MR) is 127 cm³/mol. The number of nitrogens with one attached hydrogen (secondary N) is 2. The standard InChI is InChI=1S/C23H34N4O4S/c1-4-11-24-21(29)17-8-6-16(7-9-17)13-27-22(30)20-18(10-12-32-20)26(23(27)31)14-19(28)25-15(3)5-2/h10,12,15-17H,4-9,11,13-14H2,1-3H3,(H,24,29)(H,25,28). The van der Waals surface area contributed by atoms with Crippen LogP contribution in [-0.4, -0.2) is 33.5 Å². The molecule has 3 rings (SSSR count). The molecule has 2 N–H and O–H groups in total. The Labute approximate surface area is 192 Å². The molecular formula is C23H34N4O4S. The van der Waals surface area contributed by atoms with Crippen LogP contribution < -0.4 is 21.9 Å². The lowest BCUT2D eigenvalue weighted by molar-refractivity contribution is -0.126. The number of hydrogen-bond acceptors (Lipinski definition) is 5. The fraction of sp³-hybridized carbons (Fsp3) is 0.652. The third kappa shape index (κ3) is 5.49. The maximum atomic E-state index is 13.2. The number of aromatic nitrogens is 2. The second kappa shape index (κ2) is 10.9. The molecule has 2 heterocycles. The van der Waals surface area contributed by atoms with Gasteiger partial charge in [0.2, 0.25) is 11.8 Å². The number of carbonyl (C=O) groups excluding carboxylic acids is 2. The lowest BCUT2D eigenvalue weighted by atomic mass is 9.81. The molecule has 8 nitrogen and oxygen atoms in total. The van der Waals surface area contributed by atoms with Crippen LogP contribution in [0, 0.1) is 11.8 Å². The summed E-state index contributed by atoms with van der Waals surface area (Å²) >= 11 is 1.29. The van der Waals surface area contributed by atoms with Gasteiger partial charge in [0.15, 0.2) is 0 Å². The van der Waals surface area contributed by atoms with Gasteiger partial charge in [0.05, 0.1) is 5.52 Å². The molecule has 1 atom stereocenters. The highest BCUT2D eigenvalue weighted by Gasteiger charge is 2.27. The van der Waals surface area contributed by atoms with Crippen LogP contribution in [-0.2, 0) is 22.7 Å². The van der Waals surface area contributed by atoms with Crippen molar-refractivity contribution in [2.24, 2.45) is 11.8 Å². The van der Waals surface area contributed by atoms with Crippen LogP contribution in [0.4, 0.5) is 0 Å². The van der Waals surface area contributed by atoms with Gasteiger partial charge in [-0.15, -0.1) is 11.3 Å². The average molecular weight is 463 g/mol. The number of thiophene rings is 1. The minimum atomic E-state index is -0.442. The summed E-state index contributed by atoms with van der Waals surface area (Å²) in [5.74, 6) is 0.0422. The average Bonchev–Trinajstić information content (AvgIpc) is 3.28. The van der Waals surface area contributed by atoms with Crippen molar-refractivity contribution in [3.05, 3.63) is 32.3 Å². The monoisotopic (exact) mass is 462 g/mol. The Morgan fingerprint density at radius 2 is 1.88 bits per heavy atom. The van der Waals surface area contributed by atoms with Gasteiger partial charge in [-0.25, -0.2) is 4.79 Å². The van der Waals surface area contributed by atoms with Crippen LogP contribution in [0.25, 0.3) is 10.2 Å². The Morgan fingerprint density at radius 1 is 1.16 bits per heavy atom. The van der Waals surface area contributed by atoms with Crippen LogP contribution in [0.15, 0.2) is 21.0 Å². The molecule has 32 heavy (non-hydrogen) atoms. The van der Waals surface area contributed by atoms with Crippen molar-refractivity contribution in [1.29, 1.82) is 0 Å². The summed E-state index contributed by atoms with van der Waals surface area (Å²) in [6.07, 6.45) is 4.84. The predicted octanol–water partition coefficient (Wildman–Crippen LogP) is 2.47. The summed E-state index contributed by atoms with van der Waals surface area (Å²) in [6, 6.07) is 1.75. The zero-order valence-corrected chi connectivity index (χ0v) is 20.0. The lowest BCUT2D eigenvalue weighted by Gasteiger charge is -2.28. The fourth-order valence-corrected chi connectivity index (χ4v) is 5.11. The van der Waals surface area contributed by atoms with Gasteiger partial charge in [0.25, 0.3) is 5.56 Å². The molecule has 0 aliphatic heterocycles. The number of fused-ring (bicyclic) bond motifs is 1. The maximum absolute atomic E-state index is 13.2. The molecule has 1 fully saturated rings. The summed E-state index contributed by atoms with van der Waals surface area (Å²) in [6.45, 7) is 6.83. The molecule has 1 unspecified atom stereocenters. The molecule has 0 saturated heterocycles. The van der Waals surface area contributed by atoms with E-state index in [1.54, 1.807) is 11.4 Å². The molecule has 1 aliphatic carbocycles. The first kappa shape index (κ1) is 24.2. The van der Waals surface area contributed by atoms with E-state index >= 15 is 0 Å². The molecule has 1 saturated carbocycles. The SMILES string of the molecule is CCCNC(=O)C1CCC(Cn2c(=O)c3sccc3n(CC(=O)NC(C)CC)c2=O)CC1. The second-order valence-corrected chi connectivity index (χ2v) is 9.72. The first-order chi connectivity index (χ1) is 15.3. The minimum absolute atomic E-state index is 0.00945. The Balaban J connectivity index is 1.78. The normalized spacial score (nSPS) is 19.6. The number of carbonyl (C=O) groups is 2. The van der Waals surface area contributed by atoms with E-state index in [-0.39, 0.29) is 41.8 Å². The van der Waals surface area contributed by atoms with Gasteiger partial charge in [-0.1, -0.05) is 13.8 Å². The van der Waals surface area contributed by atoms with Gasteiger partial charge >= 0.3 is 5.69 Å². The Bertz CT molecular complexity index is 1060.